The predicted molar refractivity (Wildman–Crippen MR) is 74.9 cm³/mol. The van der Waals surface area contributed by atoms with Crippen molar-refractivity contribution in [1.29, 1.82) is 0 Å². The number of thiazole rings is 1. The highest BCUT2D eigenvalue weighted by Crippen LogP contribution is 2.36. The van der Waals surface area contributed by atoms with Crippen LogP contribution in [0, 0.1) is 0 Å². The van der Waals surface area contributed by atoms with Gasteiger partial charge in [-0.2, -0.15) is 0 Å². The molecule has 19 heavy (non-hydrogen) atoms. The van der Waals surface area contributed by atoms with Crippen molar-refractivity contribution in [3.63, 3.8) is 0 Å². The molecule has 0 unspecified atom stereocenters. The fourth-order valence-electron chi connectivity index (χ4n) is 1.87. The van der Waals surface area contributed by atoms with Crippen LogP contribution in [-0.4, -0.2) is 9.55 Å². The number of hydrogen-bond donors (Lipinski definition) is 1. The van der Waals surface area contributed by atoms with Crippen LogP contribution in [0.4, 0.5) is 5.13 Å². The van der Waals surface area contributed by atoms with E-state index in [-0.39, 0.29) is 5.56 Å². The van der Waals surface area contributed by atoms with Crippen LogP contribution in [0.1, 0.15) is 0 Å². The lowest BCUT2D eigenvalue weighted by atomic mass is 10.2. The molecular formula is C13H11N3O2S. The Hall–Kier alpha value is -2.34. The Morgan fingerprint density at radius 3 is 2.95 bits per heavy atom. The summed E-state index contributed by atoms with van der Waals surface area (Å²) in [4.78, 5) is 17.2. The van der Waals surface area contributed by atoms with E-state index in [4.69, 9.17) is 10.2 Å². The smallest absolute Gasteiger partial charge is 0.259 e. The van der Waals surface area contributed by atoms with Gasteiger partial charge in [-0.25, -0.2) is 4.98 Å². The van der Waals surface area contributed by atoms with Crippen LogP contribution in [0.3, 0.4) is 0 Å². The zero-order valence-corrected chi connectivity index (χ0v) is 11.0. The van der Waals surface area contributed by atoms with Gasteiger partial charge in [0, 0.05) is 13.2 Å². The number of aromatic nitrogens is 2. The Morgan fingerprint density at radius 1 is 1.37 bits per heavy atom. The molecule has 0 saturated carbocycles. The number of pyridine rings is 1. The Labute approximate surface area is 112 Å². The third-order valence-electron chi connectivity index (χ3n) is 2.77. The SMILES string of the molecule is Cn1cccc(-c2sc(N)nc2-c2ccco2)c1=O. The van der Waals surface area contributed by atoms with Crippen LogP contribution in [-0.2, 0) is 7.05 Å². The van der Waals surface area contributed by atoms with E-state index in [0.29, 0.717) is 22.1 Å². The van der Waals surface area contributed by atoms with E-state index in [1.807, 2.05) is 6.07 Å². The average molecular weight is 273 g/mol. The van der Waals surface area contributed by atoms with E-state index in [1.54, 1.807) is 37.7 Å². The monoisotopic (exact) mass is 273 g/mol. The minimum Gasteiger partial charge on any atom is -0.463 e. The highest BCUT2D eigenvalue weighted by Gasteiger charge is 2.18. The van der Waals surface area contributed by atoms with Crippen molar-refractivity contribution in [2.45, 2.75) is 0 Å². The van der Waals surface area contributed by atoms with Gasteiger partial charge in [-0.05, 0) is 24.3 Å². The summed E-state index contributed by atoms with van der Waals surface area (Å²) >= 11 is 1.28. The fourth-order valence-corrected chi connectivity index (χ4v) is 2.72. The molecule has 2 N–H and O–H groups in total. The minimum atomic E-state index is -0.0843. The van der Waals surface area contributed by atoms with Crippen molar-refractivity contribution in [3.8, 4) is 21.9 Å². The van der Waals surface area contributed by atoms with Gasteiger partial charge >= 0.3 is 0 Å². The van der Waals surface area contributed by atoms with Crippen molar-refractivity contribution in [2.75, 3.05) is 5.73 Å². The lowest BCUT2D eigenvalue weighted by molar-refractivity contribution is 0.581. The van der Waals surface area contributed by atoms with Gasteiger partial charge in [0.1, 0.15) is 5.69 Å². The maximum atomic E-state index is 12.2. The number of anilines is 1. The Kier molecular flexibility index (Phi) is 2.72. The normalized spacial score (nSPS) is 10.8. The van der Waals surface area contributed by atoms with E-state index in [9.17, 15) is 4.79 Å². The molecule has 0 saturated heterocycles. The van der Waals surface area contributed by atoms with Gasteiger partial charge in [0.2, 0.25) is 0 Å². The molecule has 3 aromatic heterocycles. The van der Waals surface area contributed by atoms with E-state index >= 15 is 0 Å². The molecule has 0 amide bonds. The average Bonchev–Trinajstić information content (AvgIpc) is 3.01. The van der Waals surface area contributed by atoms with E-state index in [0.717, 1.165) is 4.88 Å². The number of rotatable bonds is 2. The number of nitrogens with zero attached hydrogens (tertiary/aromatic N) is 2. The summed E-state index contributed by atoms with van der Waals surface area (Å²) in [6.07, 6.45) is 3.28. The van der Waals surface area contributed by atoms with Gasteiger partial charge in [-0.1, -0.05) is 11.3 Å². The highest BCUT2D eigenvalue weighted by atomic mass is 32.1. The lowest BCUT2D eigenvalue weighted by Gasteiger charge is -2.02. The van der Waals surface area contributed by atoms with Crippen LogP contribution < -0.4 is 11.3 Å². The molecular weight excluding hydrogens is 262 g/mol. The first-order valence-corrected chi connectivity index (χ1v) is 6.44. The van der Waals surface area contributed by atoms with Gasteiger partial charge in [-0.3, -0.25) is 4.79 Å². The fraction of sp³-hybridized carbons (Fsp3) is 0.0769. The molecule has 0 radical (unpaired) electrons. The third kappa shape index (κ3) is 1.96. The summed E-state index contributed by atoms with van der Waals surface area (Å²) in [5.41, 5.74) is 6.87. The molecule has 0 fully saturated rings. The summed E-state index contributed by atoms with van der Waals surface area (Å²) < 4.78 is 6.87. The van der Waals surface area contributed by atoms with Crippen LogP contribution in [0.2, 0.25) is 0 Å². The van der Waals surface area contributed by atoms with E-state index < -0.39 is 0 Å². The van der Waals surface area contributed by atoms with Crippen LogP contribution >= 0.6 is 11.3 Å². The van der Waals surface area contributed by atoms with Gasteiger partial charge in [-0.15, -0.1) is 0 Å². The molecule has 3 rings (SSSR count). The zero-order valence-electron chi connectivity index (χ0n) is 10.2. The first kappa shape index (κ1) is 11.7. The molecule has 0 bridgehead atoms. The van der Waals surface area contributed by atoms with Crippen molar-refractivity contribution < 1.29 is 4.42 Å². The van der Waals surface area contributed by atoms with E-state index in [1.165, 1.54) is 15.9 Å². The third-order valence-corrected chi connectivity index (χ3v) is 3.68. The van der Waals surface area contributed by atoms with Crippen molar-refractivity contribution in [3.05, 3.63) is 47.1 Å². The van der Waals surface area contributed by atoms with Gasteiger partial charge < -0.3 is 14.7 Å². The molecule has 6 heteroatoms. The second-order valence-corrected chi connectivity index (χ2v) is 5.08. The van der Waals surface area contributed by atoms with Crippen molar-refractivity contribution in [2.24, 2.45) is 7.05 Å². The topological polar surface area (TPSA) is 74.1 Å². The van der Waals surface area contributed by atoms with Crippen LogP contribution in [0.15, 0.2) is 45.9 Å². The standard InChI is InChI=1S/C13H11N3O2S/c1-16-6-2-4-8(12(16)17)11-10(15-13(14)19-11)9-5-3-7-18-9/h2-7H,1H3,(H2,14,15). The molecule has 96 valence electrons. The molecule has 3 aromatic rings. The van der Waals surface area contributed by atoms with Gasteiger partial charge in [0.05, 0.1) is 16.7 Å². The quantitative estimate of drug-likeness (QED) is 0.777. The lowest BCUT2D eigenvalue weighted by Crippen LogP contribution is -2.16. The summed E-state index contributed by atoms with van der Waals surface area (Å²) in [6.45, 7) is 0. The second-order valence-electron chi connectivity index (χ2n) is 4.05. The number of hydrogen-bond acceptors (Lipinski definition) is 5. The maximum Gasteiger partial charge on any atom is 0.259 e. The molecule has 0 atom stereocenters. The molecule has 3 heterocycles. The number of nitrogen functional groups attached to an aromatic ring is 1. The van der Waals surface area contributed by atoms with E-state index in [2.05, 4.69) is 4.98 Å². The summed E-state index contributed by atoms with van der Waals surface area (Å²) in [7, 11) is 1.71. The van der Waals surface area contributed by atoms with Crippen molar-refractivity contribution in [1.82, 2.24) is 9.55 Å². The highest BCUT2D eigenvalue weighted by molar-refractivity contribution is 7.19. The van der Waals surface area contributed by atoms with Gasteiger partial charge in [0.15, 0.2) is 10.9 Å². The summed E-state index contributed by atoms with van der Waals surface area (Å²) in [5, 5.41) is 0.410. The Balaban J connectivity index is 2.27. The molecule has 0 aliphatic carbocycles. The molecule has 0 aromatic carbocycles. The second kappa shape index (κ2) is 4.40. The first-order chi connectivity index (χ1) is 9.16. The number of nitrogens with two attached hydrogens (primary N) is 1. The number of furan rings is 1. The Morgan fingerprint density at radius 2 is 2.21 bits per heavy atom. The molecule has 5 nitrogen and oxygen atoms in total. The van der Waals surface area contributed by atoms with Crippen molar-refractivity contribution >= 4 is 16.5 Å². The first-order valence-electron chi connectivity index (χ1n) is 5.63. The van der Waals surface area contributed by atoms with Crippen LogP contribution in [0.5, 0.6) is 0 Å². The Bertz CT molecular complexity index is 772. The largest absolute Gasteiger partial charge is 0.463 e. The molecule has 0 aliphatic rings. The molecule has 0 aliphatic heterocycles. The summed E-state index contributed by atoms with van der Waals surface area (Å²) in [6, 6.07) is 7.16. The predicted octanol–water partition coefficient (Wildman–Crippen LogP) is 2.35. The van der Waals surface area contributed by atoms with Crippen LogP contribution in [0.25, 0.3) is 21.9 Å². The zero-order chi connectivity index (χ0) is 13.4. The van der Waals surface area contributed by atoms with Gasteiger partial charge in [0.25, 0.3) is 5.56 Å². The maximum absolute atomic E-state index is 12.2. The molecule has 0 spiro atoms. The minimum absolute atomic E-state index is 0.0843. The summed E-state index contributed by atoms with van der Waals surface area (Å²) in [5.74, 6) is 0.605. The number of aryl methyl sites for hydroxylation is 1.